The molecule has 4 heteroatoms. The second-order valence-electron chi connectivity index (χ2n) is 5.46. The summed E-state index contributed by atoms with van der Waals surface area (Å²) in [6, 6.07) is 8.92. The fourth-order valence-corrected chi connectivity index (χ4v) is 3.20. The van der Waals surface area contributed by atoms with Gasteiger partial charge in [-0.05, 0) is 42.0 Å². The van der Waals surface area contributed by atoms with E-state index in [1.165, 1.54) is 17.5 Å². The number of nitrogens with zero attached hydrogens (tertiary/aromatic N) is 3. The van der Waals surface area contributed by atoms with E-state index in [-0.39, 0.29) is 6.04 Å². The number of halogens is 1. The lowest BCUT2D eigenvalue weighted by Gasteiger charge is -2.28. The highest BCUT2D eigenvalue weighted by Gasteiger charge is 2.26. The first-order chi connectivity index (χ1) is 9.18. The first kappa shape index (κ1) is 12.7. The molecule has 19 heavy (non-hydrogen) atoms. The molecule has 3 rings (SSSR count). The molecule has 100 valence electrons. The number of aryl methyl sites for hydroxylation is 1. The fraction of sp³-hybridized carbons (Fsp3) is 0.467. The van der Waals surface area contributed by atoms with Gasteiger partial charge in [0.15, 0.2) is 0 Å². The summed E-state index contributed by atoms with van der Waals surface area (Å²) in [6.45, 7) is 4.26. The second-order valence-corrected chi connectivity index (χ2v) is 5.80. The van der Waals surface area contributed by atoms with E-state index in [2.05, 4.69) is 52.9 Å². The van der Waals surface area contributed by atoms with Crippen molar-refractivity contribution in [2.24, 2.45) is 0 Å². The van der Waals surface area contributed by atoms with Crippen LogP contribution in [0.1, 0.15) is 55.6 Å². The zero-order valence-electron chi connectivity index (χ0n) is 11.3. The molecule has 1 heterocycles. The van der Waals surface area contributed by atoms with Crippen molar-refractivity contribution in [1.82, 2.24) is 14.8 Å². The van der Waals surface area contributed by atoms with E-state index < -0.39 is 0 Å². The van der Waals surface area contributed by atoms with Gasteiger partial charge in [0.25, 0.3) is 0 Å². The van der Waals surface area contributed by atoms with Crippen molar-refractivity contribution in [1.29, 1.82) is 0 Å². The summed E-state index contributed by atoms with van der Waals surface area (Å²) in [5, 5.41) is 8.81. The van der Waals surface area contributed by atoms with Gasteiger partial charge >= 0.3 is 0 Å². The van der Waals surface area contributed by atoms with Crippen molar-refractivity contribution in [3.8, 4) is 0 Å². The highest BCUT2D eigenvalue weighted by Crippen LogP contribution is 2.36. The molecule has 2 aromatic rings. The predicted molar refractivity (Wildman–Crippen MR) is 76.6 cm³/mol. The van der Waals surface area contributed by atoms with Crippen LogP contribution in [-0.4, -0.2) is 14.8 Å². The normalized spacial score (nSPS) is 18.6. The number of hydrogen-bond acceptors (Lipinski definition) is 2. The minimum absolute atomic E-state index is 0.282. The van der Waals surface area contributed by atoms with Gasteiger partial charge in [-0.25, -0.2) is 0 Å². The van der Waals surface area contributed by atoms with Crippen molar-refractivity contribution < 1.29 is 0 Å². The van der Waals surface area contributed by atoms with Gasteiger partial charge in [-0.1, -0.05) is 38.1 Å². The van der Waals surface area contributed by atoms with E-state index in [9.17, 15) is 0 Å². The minimum atomic E-state index is 0.282. The van der Waals surface area contributed by atoms with Crippen LogP contribution in [0.4, 0.5) is 0 Å². The van der Waals surface area contributed by atoms with Gasteiger partial charge in [-0.2, -0.15) is 0 Å². The molecule has 0 radical (unpaired) electrons. The Balaban J connectivity index is 2.11. The van der Waals surface area contributed by atoms with Crippen LogP contribution < -0.4 is 0 Å². The molecule has 0 saturated carbocycles. The van der Waals surface area contributed by atoms with E-state index in [0.29, 0.717) is 11.2 Å². The van der Waals surface area contributed by atoms with Crippen LogP contribution in [0.15, 0.2) is 24.3 Å². The first-order valence-corrected chi connectivity index (χ1v) is 7.24. The molecule has 1 aromatic heterocycles. The molecule has 1 aliphatic rings. The highest BCUT2D eigenvalue weighted by molar-refractivity contribution is 6.28. The Morgan fingerprint density at radius 2 is 2.05 bits per heavy atom. The SMILES string of the molecule is CC(C)c1nnc(Cl)n1C1CCCc2ccccc21. The van der Waals surface area contributed by atoms with Crippen molar-refractivity contribution in [3.05, 3.63) is 46.5 Å². The topological polar surface area (TPSA) is 30.7 Å². The lowest BCUT2D eigenvalue weighted by atomic mass is 9.87. The second kappa shape index (κ2) is 4.97. The molecular formula is C15H18ClN3. The summed E-state index contributed by atoms with van der Waals surface area (Å²) < 4.78 is 2.12. The number of fused-ring (bicyclic) bond motifs is 1. The van der Waals surface area contributed by atoms with Gasteiger partial charge in [-0.3, -0.25) is 4.57 Å². The zero-order chi connectivity index (χ0) is 13.4. The molecule has 0 amide bonds. The largest absolute Gasteiger partial charge is 0.294 e. The number of hydrogen-bond donors (Lipinski definition) is 0. The molecule has 1 unspecified atom stereocenters. The maximum atomic E-state index is 6.28. The van der Waals surface area contributed by atoms with Crippen LogP contribution in [0, 0.1) is 0 Å². The predicted octanol–water partition coefficient (Wildman–Crippen LogP) is 3.98. The van der Waals surface area contributed by atoms with Crippen molar-refractivity contribution in [2.75, 3.05) is 0 Å². The van der Waals surface area contributed by atoms with Crippen LogP contribution in [0.5, 0.6) is 0 Å². The van der Waals surface area contributed by atoms with Gasteiger partial charge in [0, 0.05) is 5.92 Å². The average Bonchev–Trinajstić information content (AvgIpc) is 2.80. The average molecular weight is 276 g/mol. The Bertz CT molecular complexity index is 589. The van der Waals surface area contributed by atoms with Gasteiger partial charge in [0.2, 0.25) is 5.28 Å². The van der Waals surface area contributed by atoms with E-state index in [1.54, 1.807) is 0 Å². The highest BCUT2D eigenvalue weighted by atomic mass is 35.5. The molecule has 0 saturated heterocycles. The number of rotatable bonds is 2. The standard InChI is InChI=1S/C15H18ClN3/c1-10(2)14-17-18-15(16)19(14)13-9-5-7-11-6-3-4-8-12(11)13/h3-4,6,8,10,13H,5,7,9H2,1-2H3. The van der Waals surface area contributed by atoms with Crippen LogP contribution in [0.3, 0.4) is 0 Å². The Hall–Kier alpha value is -1.35. The van der Waals surface area contributed by atoms with Crippen LogP contribution in [0.2, 0.25) is 5.28 Å². The summed E-state index contributed by atoms with van der Waals surface area (Å²) in [4.78, 5) is 0. The Kier molecular flexibility index (Phi) is 3.31. The van der Waals surface area contributed by atoms with E-state index >= 15 is 0 Å². The molecule has 0 spiro atoms. The van der Waals surface area contributed by atoms with E-state index in [0.717, 1.165) is 18.7 Å². The maximum Gasteiger partial charge on any atom is 0.225 e. The van der Waals surface area contributed by atoms with Crippen molar-refractivity contribution >= 4 is 11.6 Å². The third kappa shape index (κ3) is 2.16. The summed E-state index contributed by atoms with van der Waals surface area (Å²) >= 11 is 6.28. The Labute approximate surface area is 118 Å². The third-order valence-electron chi connectivity index (χ3n) is 3.85. The van der Waals surface area contributed by atoms with Gasteiger partial charge in [-0.15, -0.1) is 10.2 Å². The molecule has 1 atom stereocenters. The molecule has 0 N–H and O–H groups in total. The van der Waals surface area contributed by atoms with Gasteiger partial charge < -0.3 is 0 Å². The summed E-state index contributed by atoms with van der Waals surface area (Å²) in [5.41, 5.74) is 2.80. The van der Waals surface area contributed by atoms with Crippen molar-refractivity contribution in [2.45, 2.75) is 45.1 Å². The molecule has 0 fully saturated rings. The molecule has 0 aliphatic heterocycles. The molecule has 0 bridgehead atoms. The van der Waals surface area contributed by atoms with Gasteiger partial charge in [0.1, 0.15) is 5.82 Å². The Morgan fingerprint density at radius 3 is 2.84 bits per heavy atom. The Morgan fingerprint density at radius 1 is 1.26 bits per heavy atom. The van der Waals surface area contributed by atoms with Gasteiger partial charge in [0.05, 0.1) is 6.04 Å². The summed E-state index contributed by atoms with van der Waals surface area (Å²) in [6.07, 6.45) is 3.45. The lowest BCUT2D eigenvalue weighted by Crippen LogP contribution is -2.20. The molecule has 1 aromatic carbocycles. The fourth-order valence-electron chi connectivity index (χ4n) is 2.96. The molecule has 3 nitrogen and oxygen atoms in total. The van der Waals surface area contributed by atoms with Crippen LogP contribution >= 0.6 is 11.6 Å². The minimum Gasteiger partial charge on any atom is -0.294 e. The first-order valence-electron chi connectivity index (χ1n) is 6.86. The maximum absolute atomic E-state index is 6.28. The third-order valence-corrected chi connectivity index (χ3v) is 4.10. The lowest BCUT2D eigenvalue weighted by molar-refractivity contribution is 0.467. The van der Waals surface area contributed by atoms with Crippen molar-refractivity contribution in [3.63, 3.8) is 0 Å². The summed E-state index contributed by atoms with van der Waals surface area (Å²) in [5.74, 6) is 1.31. The van der Waals surface area contributed by atoms with E-state index in [4.69, 9.17) is 11.6 Å². The van der Waals surface area contributed by atoms with Crippen LogP contribution in [0.25, 0.3) is 0 Å². The van der Waals surface area contributed by atoms with Crippen LogP contribution in [-0.2, 0) is 6.42 Å². The summed E-state index contributed by atoms with van der Waals surface area (Å²) in [7, 11) is 0. The quantitative estimate of drug-likeness (QED) is 0.830. The molecule has 1 aliphatic carbocycles. The number of aromatic nitrogens is 3. The zero-order valence-corrected chi connectivity index (χ0v) is 12.1. The monoisotopic (exact) mass is 275 g/mol. The van der Waals surface area contributed by atoms with E-state index in [1.807, 2.05) is 0 Å². The smallest absolute Gasteiger partial charge is 0.225 e. The molecular weight excluding hydrogens is 258 g/mol. The number of benzene rings is 1.